The van der Waals surface area contributed by atoms with E-state index >= 15 is 0 Å². The minimum atomic E-state index is -0.264. The van der Waals surface area contributed by atoms with Crippen molar-refractivity contribution in [3.63, 3.8) is 0 Å². The van der Waals surface area contributed by atoms with Crippen LogP contribution in [0.5, 0.6) is 5.75 Å². The van der Waals surface area contributed by atoms with Gasteiger partial charge in [-0.25, -0.2) is 0 Å². The highest BCUT2D eigenvalue weighted by molar-refractivity contribution is 9.11. The van der Waals surface area contributed by atoms with Gasteiger partial charge in [0.25, 0.3) is 0 Å². The van der Waals surface area contributed by atoms with Crippen molar-refractivity contribution in [1.29, 1.82) is 0 Å². The first-order valence-electron chi connectivity index (χ1n) is 6.99. The van der Waals surface area contributed by atoms with E-state index in [9.17, 15) is 4.79 Å². The Morgan fingerprint density at radius 2 is 1.95 bits per heavy atom. The fraction of sp³-hybridized carbons (Fsp3) is 0.533. The molecular formula is C15H22Br2N2O2. The number of rotatable bonds is 7. The van der Waals surface area contributed by atoms with E-state index < -0.39 is 0 Å². The number of ether oxygens (including phenoxy) is 1. The van der Waals surface area contributed by atoms with Gasteiger partial charge in [0.05, 0.1) is 17.1 Å². The zero-order chi connectivity index (χ0) is 16.0. The third kappa shape index (κ3) is 5.96. The van der Waals surface area contributed by atoms with Gasteiger partial charge in [-0.1, -0.05) is 15.9 Å². The SMILES string of the molecule is CCOc1c(Br)cc(Br)cc1CNC(C)C(=O)NC(C)C. The fourth-order valence-corrected chi connectivity index (χ4v) is 3.24. The van der Waals surface area contributed by atoms with Gasteiger partial charge >= 0.3 is 0 Å². The van der Waals surface area contributed by atoms with Gasteiger partial charge in [-0.15, -0.1) is 0 Å². The van der Waals surface area contributed by atoms with E-state index in [4.69, 9.17) is 4.74 Å². The van der Waals surface area contributed by atoms with Crippen molar-refractivity contribution in [3.05, 3.63) is 26.6 Å². The predicted octanol–water partition coefficient (Wildman–Crippen LogP) is 3.61. The Morgan fingerprint density at radius 3 is 2.52 bits per heavy atom. The molecule has 0 radical (unpaired) electrons. The molecule has 4 nitrogen and oxygen atoms in total. The summed E-state index contributed by atoms with van der Waals surface area (Å²) in [5.41, 5.74) is 1.00. The molecule has 1 aromatic carbocycles. The minimum Gasteiger partial charge on any atom is -0.492 e. The molecule has 118 valence electrons. The summed E-state index contributed by atoms with van der Waals surface area (Å²) in [6.07, 6.45) is 0. The maximum atomic E-state index is 11.9. The van der Waals surface area contributed by atoms with Crippen LogP contribution >= 0.6 is 31.9 Å². The number of benzene rings is 1. The van der Waals surface area contributed by atoms with Crippen molar-refractivity contribution in [1.82, 2.24) is 10.6 Å². The first kappa shape index (κ1) is 18.5. The summed E-state index contributed by atoms with van der Waals surface area (Å²) < 4.78 is 7.54. The van der Waals surface area contributed by atoms with Crippen LogP contribution in [0.4, 0.5) is 0 Å². The lowest BCUT2D eigenvalue weighted by Gasteiger charge is -2.18. The highest BCUT2D eigenvalue weighted by Gasteiger charge is 2.15. The molecule has 0 heterocycles. The lowest BCUT2D eigenvalue weighted by molar-refractivity contribution is -0.123. The average Bonchev–Trinajstić information content (AvgIpc) is 2.38. The first-order chi connectivity index (χ1) is 9.85. The van der Waals surface area contributed by atoms with Crippen molar-refractivity contribution in [2.24, 2.45) is 0 Å². The number of hydrogen-bond donors (Lipinski definition) is 2. The van der Waals surface area contributed by atoms with Crippen LogP contribution in [0.2, 0.25) is 0 Å². The number of amides is 1. The molecule has 0 saturated heterocycles. The molecule has 0 bridgehead atoms. The molecule has 1 rings (SSSR count). The molecule has 21 heavy (non-hydrogen) atoms. The van der Waals surface area contributed by atoms with Crippen molar-refractivity contribution in [2.75, 3.05) is 6.61 Å². The molecule has 1 atom stereocenters. The third-order valence-corrected chi connectivity index (χ3v) is 3.84. The summed E-state index contributed by atoms with van der Waals surface area (Å²) in [6, 6.07) is 3.82. The van der Waals surface area contributed by atoms with Crippen LogP contribution in [0.1, 0.15) is 33.3 Å². The molecule has 0 fully saturated rings. The van der Waals surface area contributed by atoms with Crippen LogP contribution in [0, 0.1) is 0 Å². The van der Waals surface area contributed by atoms with Gasteiger partial charge in [-0.3, -0.25) is 4.79 Å². The molecule has 0 aliphatic rings. The van der Waals surface area contributed by atoms with Crippen LogP contribution in [0.25, 0.3) is 0 Å². The van der Waals surface area contributed by atoms with Gasteiger partial charge in [0.2, 0.25) is 5.91 Å². The Kier molecular flexibility index (Phi) is 7.70. The maximum absolute atomic E-state index is 11.9. The smallest absolute Gasteiger partial charge is 0.237 e. The average molecular weight is 422 g/mol. The van der Waals surface area contributed by atoms with Gasteiger partial charge in [-0.2, -0.15) is 0 Å². The summed E-state index contributed by atoms with van der Waals surface area (Å²) in [7, 11) is 0. The second kappa shape index (κ2) is 8.76. The zero-order valence-corrected chi connectivity index (χ0v) is 16.0. The molecule has 1 aromatic rings. The van der Waals surface area contributed by atoms with Gasteiger partial charge in [0, 0.05) is 22.6 Å². The molecule has 0 aliphatic carbocycles. The van der Waals surface area contributed by atoms with Crippen molar-refractivity contribution >= 4 is 37.8 Å². The summed E-state index contributed by atoms with van der Waals surface area (Å²) >= 11 is 6.98. The summed E-state index contributed by atoms with van der Waals surface area (Å²) in [5, 5.41) is 6.11. The second-order valence-electron chi connectivity index (χ2n) is 5.07. The number of hydrogen-bond acceptors (Lipinski definition) is 3. The third-order valence-electron chi connectivity index (χ3n) is 2.80. The van der Waals surface area contributed by atoms with E-state index in [1.165, 1.54) is 0 Å². The second-order valence-corrected chi connectivity index (χ2v) is 6.84. The Balaban J connectivity index is 2.76. The number of nitrogens with one attached hydrogen (secondary N) is 2. The van der Waals surface area contributed by atoms with Gasteiger partial charge < -0.3 is 15.4 Å². The van der Waals surface area contributed by atoms with E-state index in [-0.39, 0.29) is 18.0 Å². The largest absolute Gasteiger partial charge is 0.492 e. The van der Waals surface area contributed by atoms with Gasteiger partial charge in [0.15, 0.2) is 0 Å². The summed E-state index contributed by atoms with van der Waals surface area (Å²) in [4.78, 5) is 11.9. The van der Waals surface area contributed by atoms with Crippen molar-refractivity contribution < 1.29 is 9.53 Å². The van der Waals surface area contributed by atoms with Crippen LogP contribution in [-0.4, -0.2) is 24.6 Å². The highest BCUT2D eigenvalue weighted by Crippen LogP contribution is 2.33. The highest BCUT2D eigenvalue weighted by atomic mass is 79.9. The predicted molar refractivity (Wildman–Crippen MR) is 92.6 cm³/mol. The van der Waals surface area contributed by atoms with Crippen molar-refractivity contribution in [2.45, 2.75) is 46.3 Å². The summed E-state index contributed by atoms with van der Waals surface area (Å²) in [5.74, 6) is 0.807. The van der Waals surface area contributed by atoms with Crippen molar-refractivity contribution in [3.8, 4) is 5.75 Å². The Bertz CT molecular complexity index is 493. The van der Waals surface area contributed by atoms with Gasteiger partial charge in [-0.05, 0) is 55.8 Å². The molecule has 0 spiro atoms. The van der Waals surface area contributed by atoms with Crippen LogP contribution in [0.3, 0.4) is 0 Å². The number of carbonyl (C=O) groups is 1. The number of carbonyl (C=O) groups excluding carboxylic acids is 1. The minimum absolute atomic E-state index is 0.00276. The Hall–Kier alpha value is -0.590. The molecule has 2 N–H and O–H groups in total. The molecule has 0 saturated carbocycles. The monoisotopic (exact) mass is 420 g/mol. The lowest BCUT2D eigenvalue weighted by Crippen LogP contribution is -2.44. The standard InChI is InChI=1S/C15H22Br2N2O2/c1-5-21-14-11(6-12(16)7-13(14)17)8-18-10(4)15(20)19-9(2)3/h6-7,9-10,18H,5,8H2,1-4H3,(H,19,20). The van der Waals surface area contributed by atoms with E-state index in [2.05, 4.69) is 42.5 Å². The molecular weight excluding hydrogens is 400 g/mol. The van der Waals surface area contributed by atoms with Crippen LogP contribution < -0.4 is 15.4 Å². The normalized spacial score (nSPS) is 12.3. The van der Waals surface area contributed by atoms with E-state index in [1.54, 1.807) is 0 Å². The molecule has 1 unspecified atom stereocenters. The fourth-order valence-electron chi connectivity index (χ4n) is 1.82. The quantitative estimate of drug-likeness (QED) is 0.706. The van der Waals surface area contributed by atoms with Crippen LogP contribution in [-0.2, 0) is 11.3 Å². The molecule has 6 heteroatoms. The number of halogens is 2. The Morgan fingerprint density at radius 1 is 1.29 bits per heavy atom. The van der Waals surface area contributed by atoms with E-state index in [0.717, 1.165) is 20.3 Å². The Labute approximate surface area is 143 Å². The topological polar surface area (TPSA) is 50.4 Å². The summed E-state index contributed by atoms with van der Waals surface area (Å²) in [6.45, 7) is 8.85. The molecule has 0 aliphatic heterocycles. The molecule has 1 amide bonds. The zero-order valence-electron chi connectivity index (χ0n) is 12.8. The lowest BCUT2D eigenvalue weighted by atomic mass is 10.2. The van der Waals surface area contributed by atoms with Gasteiger partial charge in [0.1, 0.15) is 5.75 Å². The van der Waals surface area contributed by atoms with Crippen LogP contribution in [0.15, 0.2) is 21.1 Å². The maximum Gasteiger partial charge on any atom is 0.237 e. The first-order valence-corrected chi connectivity index (χ1v) is 8.58. The van der Waals surface area contributed by atoms with E-state index in [1.807, 2.05) is 39.8 Å². The molecule has 0 aromatic heterocycles. The van der Waals surface area contributed by atoms with E-state index in [0.29, 0.717) is 13.2 Å².